The van der Waals surface area contributed by atoms with E-state index in [4.69, 9.17) is 42.7 Å². The second-order valence-electron chi connectivity index (χ2n) is 0.350. The van der Waals surface area contributed by atoms with Crippen molar-refractivity contribution in [2.75, 3.05) is 0 Å². The van der Waals surface area contributed by atoms with E-state index in [1.54, 1.807) is 0 Å². The van der Waals surface area contributed by atoms with E-state index in [2.05, 4.69) is 0 Å². The molecule has 0 aliphatic rings. The molecule has 0 aliphatic heterocycles. The van der Waals surface area contributed by atoms with Gasteiger partial charge in [-0.05, 0) is 42.7 Å². The smallest absolute Gasteiger partial charge is 0.0191 e. The van der Waals surface area contributed by atoms with Gasteiger partial charge in [0.1, 0.15) is 0 Å². The van der Waals surface area contributed by atoms with E-state index in [1.807, 2.05) is 0 Å². The van der Waals surface area contributed by atoms with Gasteiger partial charge in [-0.15, -0.1) is 0 Å². The summed E-state index contributed by atoms with van der Waals surface area (Å²) in [5, 5.41) is 0. The van der Waals surface area contributed by atoms with Crippen molar-refractivity contribution in [2.24, 2.45) is 0 Å². The molecule has 0 saturated heterocycles. The Morgan fingerprint density at radius 3 is 0.800 bits per heavy atom. The van der Waals surface area contributed by atoms with Gasteiger partial charge in [0.25, 0.3) is 0 Å². The minimum Gasteiger partial charge on any atom is -0.0191 e. The number of hydrogen-bond donors (Lipinski definition) is 0. The zero-order chi connectivity index (χ0) is 4.50. The van der Waals surface area contributed by atoms with Crippen LogP contribution in [0.3, 0.4) is 0 Å². The van der Waals surface area contributed by atoms with Crippen LogP contribution in [0.15, 0.2) is 0 Å². The Hall–Kier alpha value is 1.51. The van der Waals surface area contributed by atoms with Crippen molar-refractivity contribution in [3.05, 3.63) is 0 Å². The molecule has 0 aromatic heterocycles. The molecule has 0 bridgehead atoms. The summed E-state index contributed by atoms with van der Waals surface area (Å²) in [6.07, 6.45) is 0. The summed E-state index contributed by atoms with van der Waals surface area (Å²) in [6, 6.07) is 0. The summed E-state index contributed by atoms with van der Waals surface area (Å²) < 4.78 is 0. The second-order valence-corrected chi connectivity index (χ2v) is 9.45. The Bertz CT molecular complexity index is 19.1. The highest BCUT2D eigenvalue weighted by atomic mass is 36.4. The molecule has 34 valence electrons. The SMILES string of the molecule is ClS(Cl)(Cl)Cl. The molecule has 0 heterocycles. The van der Waals surface area contributed by atoms with E-state index in [-0.39, 0.29) is 0 Å². The fraction of sp³-hybridized carbons (Fsp3) is 0. The van der Waals surface area contributed by atoms with Crippen molar-refractivity contribution in [3.8, 4) is 0 Å². The van der Waals surface area contributed by atoms with Crippen LogP contribution in [0.5, 0.6) is 0 Å². The molecule has 0 rings (SSSR count). The molecule has 5 heavy (non-hydrogen) atoms. The minimum absolute atomic E-state index is 2.28. The lowest BCUT2D eigenvalue weighted by Crippen LogP contribution is -1.33. The van der Waals surface area contributed by atoms with Gasteiger partial charge in [0.2, 0.25) is 0 Å². The molecule has 0 spiro atoms. The fourth-order valence-electron chi connectivity index (χ4n) is 0. The van der Waals surface area contributed by atoms with Gasteiger partial charge >= 0.3 is 0 Å². The third-order valence-corrected chi connectivity index (χ3v) is 0. The van der Waals surface area contributed by atoms with Gasteiger partial charge in [-0.2, -0.15) is 0 Å². The van der Waals surface area contributed by atoms with Crippen LogP contribution in [-0.4, -0.2) is 0 Å². The summed E-state index contributed by atoms with van der Waals surface area (Å²) in [7, 11) is 19.6. The number of halogens is 4. The Morgan fingerprint density at radius 2 is 0.800 bits per heavy atom. The molecule has 0 saturated carbocycles. The highest BCUT2D eigenvalue weighted by molar-refractivity contribution is 8.90. The Balaban J connectivity index is 3.02. The van der Waals surface area contributed by atoms with Crippen LogP contribution in [0, 0.1) is 0 Å². The van der Waals surface area contributed by atoms with Crippen molar-refractivity contribution in [2.45, 2.75) is 0 Å². The Labute approximate surface area is 49.7 Å². The predicted octanol–water partition coefficient (Wildman–Crippen LogP) is 3.41. The Kier molecular flexibility index (Phi) is 2.59. The van der Waals surface area contributed by atoms with Crippen molar-refractivity contribution in [3.63, 3.8) is 0 Å². The van der Waals surface area contributed by atoms with Crippen LogP contribution in [0.25, 0.3) is 0 Å². The average molecular weight is 174 g/mol. The van der Waals surface area contributed by atoms with E-state index in [1.165, 1.54) is 0 Å². The second kappa shape index (κ2) is 1.99. The van der Waals surface area contributed by atoms with Gasteiger partial charge in [0.15, 0.2) is 0 Å². The van der Waals surface area contributed by atoms with Crippen molar-refractivity contribution >= 4 is 49.6 Å². The topological polar surface area (TPSA) is 0 Å². The third-order valence-electron chi connectivity index (χ3n) is 0. The summed E-state index contributed by atoms with van der Waals surface area (Å²) in [5.41, 5.74) is 0. The lowest BCUT2D eigenvalue weighted by atomic mass is 31.1. The first-order valence-electron chi connectivity index (χ1n) is 0.617. The van der Waals surface area contributed by atoms with Crippen LogP contribution in [0.1, 0.15) is 0 Å². The minimum atomic E-state index is -2.28. The van der Waals surface area contributed by atoms with Gasteiger partial charge < -0.3 is 0 Å². The van der Waals surface area contributed by atoms with E-state index in [0.29, 0.717) is 0 Å². The van der Waals surface area contributed by atoms with Gasteiger partial charge in [-0.25, -0.2) is 0 Å². The molecule has 5 heteroatoms. The first kappa shape index (κ1) is 6.51. The first-order chi connectivity index (χ1) is 2.00. The third kappa shape index (κ3) is 29.8. The molecule has 0 amide bonds. The molecule has 0 N–H and O–H groups in total. The van der Waals surface area contributed by atoms with Gasteiger partial charge in [0.05, 0.1) is 6.88 Å². The fourth-order valence-corrected chi connectivity index (χ4v) is 0. The van der Waals surface area contributed by atoms with E-state index in [9.17, 15) is 0 Å². The maximum absolute atomic E-state index is 4.91. The zero-order valence-electron chi connectivity index (χ0n) is 1.92. The normalized spacial score (nSPS) is 15.2. The summed E-state index contributed by atoms with van der Waals surface area (Å²) >= 11 is 0. The highest BCUT2D eigenvalue weighted by Crippen LogP contribution is 2.67. The lowest BCUT2D eigenvalue weighted by molar-refractivity contribution is 4.54. The predicted molar refractivity (Wildman–Crippen MR) is 31.0 cm³/mol. The molecule has 0 aliphatic carbocycles. The van der Waals surface area contributed by atoms with Crippen molar-refractivity contribution < 1.29 is 0 Å². The molecule has 0 aromatic carbocycles. The summed E-state index contributed by atoms with van der Waals surface area (Å²) in [5.74, 6) is 0. The van der Waals surface area contributed by atoms with Crippen LogP contribution < -0.4 is 0 Å². The molecular formula is Cl4S. The van der Waals surface area contributed by atoms with E-state index >= 15 is 0 Å². The van der Waals surface area contributed by atoms with E-state index in [0.717, 1.165) is 0 Å². The maximum Gasteiger partial charge on any atom is 0.0763 e. The molecule has 0 aromatic rings. The van der Waals surface area contributed by atoms with Gasteiger partial charge in [-0.1, -0.05) is 0 Å². The van der Waals surface area contributed by atoms with Crippen LogP contribution in [0.4, 0.5) is 0 Å². The summed E-state index contributed by atoms with van der Waals surface area (Å²) in [4.78, 5) is 0. The van der Waals surface area contributed by atoms with Gasteiger partial charge in [-0.3, -0.25) is 0 Å². The number of rotatable bonds is 0. The quantitative estimate of drug-likeness (QED) is 0.527. The molecule has 0 radical (unpaired) electrons. The first-order valence-corrected chi connectivity index (χ1v) is 5.55. The van der Waals surface area contributed by atoms with Crippen LogP contribution in [-0.2, 0) is 0 Å². The number of hydrogen-bond acceptors (Lipinski definition) is 0. The molecule has 0 atom stereocenters. The lowest BCUT2D eigenvalue weighted by Gasteiger charge is -1.97. The molecule has 0 nitrogen and oxygen atoms in total. The van der Waals surface area contributed by atoms with Crippen LogP contribution in [0.2, 0.25) is 0 Å². The van der Waals surface area contributed by atoms with E-state index < -0.39 is 6.88 Å². The van der Waals surface area contributed by atoms with Crippen molar-refractivity contribution in [1.82, 2.24) is 0 Å². The van der Waals surface area contributed by atoms with Gasteiger partial charge in [0, 0.05) is 0 Å². The van der Waals surface area contributed by atoms with Crippen molar-refractivity contribution in [1.29, 1.82) is 0 Å². The molecular weight excluding hydrogens is 174 g/mol. The maximum atomic E-state index is 4.91. The standard InChI is InChI=1S/Cl4S/c1-5(2,3)4. The zero-order valence-corrected chi connectivity index (χ0v) is 5.76. The molecule has 0 unspecified atom stereocenters. The highest BCUT2D eigenvalue weighted by Gasteiger charge is 2.03. The monoisotopic (exact) mass is 172 g/mol. The molecule has 0 fully saturated rings. The average Bonchev–Trinajstić information content (AvgIpc) is 0.722. The summed E-state index contributed by atoms with van der Waals surface area (Å²) in [6.45, 7) is -2.28. The largest absolute Gasteiger partial charge is 0.0763 e. The van der Waals surface area contributed by atoms with Crippen LogP contribution >= 0.6 is 49.6 Å². The Morgan fingerprint density at radius 1 is 0.800 bits per heavy atom.